The highest BCUT2D eigenvalue weighted by atomic mass is 16.5. The van der Waals surface area contributed by atoms with Gasteiger partial charge < -0.3 is 15.4 Å². The summed E-state index contributed by atoms with van der Waals surface area (Å²) in [6.07, 6.45) is 0. The number of hydrogen-bond donors (Lipinski definition) is 2. The lowest BCUT2D eigenvalue weighted by atomic mass is 10.2. The number of hydrogen-bond acceptors (Lipinski definition) is 6. The van der Waals surface area contributed by atoms with E-state index in [-0.39, 0.29) is 11.9 Å². The van der Waals surface area contributed by atoms with Crippen molar-refractivity contribution < 1.29 is 9.53 Å². The van der Waals surface area contributed by atoms with E-state index in [4.69, 9.17) is 4.74 Å². The summed E-state index contributed by atoms with van der Waals surface area (Å²) in [4.78, 5) is 20.5. The fourth-order valence-electron chi connectivity index (χ4n) is 1.62. The summed E-state index contributed by atoms with van der Waals surface area (Å²) in [5.74, 6) is 2.04. The number of nitrogens with zero attached hydrogens (tertiary/aromatic N) is 2. The quantitative estimate of drug-likeness (QED) is 0.747. The van der Waals surface area contributed by atoms with Crippen LogP contribution in [0, 0.1) is 0 Å². The molecule has 0 aliphatic rings. The SMILES string of the molecule is CCNc1cc(NC(C)C(=O)OCC)nc(C(C)C)n1. The highest BCUT2D eigenvalue weighted by Gasteiger charge is 2.15. The molecule has 0 aromatic carbocycles. The lowest BCUT2D eigenvalue weighted by Gasteiger charge is -2.16. The first-order valence-electron chi connectivity index (χ1n) is 7.03. The summed E-state index contributed by atoms with van der Waals surface area (Å²) in [7, 11) is 0. The van der Waals surface area contributed by atoms with E-state index >= 15 is 0 Å². The van der Waals surface area contributed by atoms with Crippen LogP contribution in [-0.2, 0) is 9.53 Å². The zero-order valence-electron chi connectivity index (χ0n) is 12.9. The van der Waals surface area contributed by atoms with Gasteiger partial charge in [0, 0.05) is 18.5 Å². The van der Waals surface area contributed by atoms with Crippen LogP contribution < -0.4 is 10.6 Å². The van der Waals surface area contributed by atoms with Crippen molar-refractivity contribution in [3.8, 4) is 0 Å². The predicted molar refractivity (Wildman–Crippen MR) is 80.0 cm³/mol. The Labute approximate surface area is 120 Å². The molecule has 0 bridgehead atoms. The Kier molecular flexibility index (Phi) is 6.21. The lowest BCUT2D eigenvalue weighted by molar-refractivity contribution is -0.143. The molecule has 0 spiro atoms. The molecule has 0 saturated carbocycles. The smallest absolute Gasteiger partial charge is 0.328 e. The molecule has 1 atom stereocenters. The average molecular weight is 280 g/mol. The van der Waals surface area contributed by atoms with Gasteiger partial charge in [0.05, 0.1) is 6.61 Å². The van der Waals surface area contributed by atoms with E-state index in [0.29, 0.717) is 12.4 Å². The van der Waals surface area contributed by atoms with Crippen LogP contribution in [-0.4, -0.2) is 35.1 Å². The monoisotopic (exact) mass is 280 g/mol. The maximum atomic E-state index is 11.6. The maximum Gasteiger partial charge on any atom is 0.328 e. The van der Waals surface area contributed by atoms with E-state index in [1.54, 1.807) is 19.9 Å². The molecular weight excluding hydrogens is 256 g/mol. The molecule has 1 unspecified atom stereocenters. The van der Waals surface area contributed by atoms with E-state index in [2.05, 4.69) is 20.6 Å². The molecule has 1 aromatic rings. The molecule has 0 aliphatic carbocycles. The Balaban J connectivity index is 2.90. The number of carbonyl (C=O) groups excluding carboxylic acids is 1. The zero-order valence-corrected chi connectivity index (χ0v) is 12.9. The van der Waals surface area contributed by atoms with Crippen molar-refractivity contribution in [1.29, 1.82) is 0 Å². The molecule has 2 N–H and O–H groups in total. The van der Waals surface area contributed by atoms with Gasteiger partial charge in [0.15, 0.2) is 0 Å². The van der Waals surface area contributed by atoms with Crippen LogP contribution in [0.2, 0.25) is 0 Å². The van der Waals surface area contributed by atoms with Crippen LogP contribution >= 0.6 is 0 Å². The summed E-state index contributed by atoms with van der Waals surface area (Å²) in [6, 6.07) is 1.35. The Bertz CT molecular complexity index is 449. The maximum absolute atomic E-state index is 11.6. The molecule has 112 valence electrons. The van der Waals surface area contributed by atoms with Gasteiger partial charge in [0.25, 0.3) is 0 Å². The fraction of sp³-hybridized carbons (Fsp3) is 0.643. The summed E-state index contributed by atoms with van der Waals surface area (Å²) in [5, 5.41) is 6.22. The Hall–Kier alpha value is -1.85. The molecule has 0 amide bonds. The van der Waals surface area contributed by atoms with Crippen molar-refractivity contribution >= 4 is 17.6 Å². The summed E-state index contributed by atoms with van der Waals surface area (Å²) in [6.45, 7) is 10.8. The van der Waals surface area contributed by atoms with Crippen LogP contribution in [0.1, 0.15) is 46.4 Å². The van der Waals surface area contributed by atoms with Gasteiger partial charge in [-0.25, -0.2) is 14.8 Å². The van der Waals surface area contributed by atoms with Gasteiger partial charge in [-0.2, -0.15) is 0 Å². The molecule has 1 heterocycles. The Morgan fingerprint density at radius 3 is 2.45 bits per heavy atom. The second kappa shape index (κ2) is 7.67. The summed E-state index contributed by atoms with van der Waals surface area (Å²) in [5.41, 5.74) is 0. The number of carbonyl (C=O) groups is 1. The molecule has 6 nitrogen and oxygen atoms in total. The van der Waals surface area contributed by atoms with E-state index in [1.807, 2.05) is 20.8 Å². The van der Waals surface area contributed by atoms with Crippen LogP contribution in [0.4, 0.5) is 11.6 Å². The van der Waals surface area contributed by atoms with Crippen LogP contribution in [0.15, 0.2) is 6.07 Å². The third kappa shape index (κ3) is 4.68. The normalized spacial score (nSPS) is 12.1. The second-order valence-electron chi connectivity index (χ2n) is 4.80. The summed E-state index contributed by atoms with van der Waals surface area (Å²) >= 11 is 0. The number of ether oxygens (including phenoxy) is 1. The minimum Gasteiger partial charge on any atom is -0.464 e. The van der Waals surface area contributed by atoms with E-state index < -0.39 is 6.04 Å². The van der Waals surface area contributed by atoms with E-state index in [1.165, 1.54) is 0 Å². The highest BCUT2D eigenvalue weighted by molar-refractivity contribution is 5.78. The molecule has 20 heavy (non-hydrogen) atoms. The lowest BCUT2D eigenvalue weighted by Crippen LogP contribution is -2.28. The highest BCUT2D eigenvalue weighted by Crippen LogP contribution is 2.17. The number of anilines is 2. The Morgan fingerprint density at radius 2 is 1.90 bits per heavy atom. The van der Waals surface area contributed by atoms with Gasteiger partial charge in [-0.05, 0) is 20.8 Å². The average Bonchev–Trinajstić information content (AvgIpc) is 2.39. The second-order valence-corrected chi connectivity index (χ2v) is 4.80. The van der Waals surface area contributed by atoms with Gasteiger partial charge in [0.2, 0.25) is 0 Å². The van der Waals surface area contributed by atoms with Gasteiger partial charge in [0.1, 0.15) is 23.5 Å². The van der Waals surface area contributed by atoms with E-state index in [9.17, 15) is 4.79 Å². The standard InChI is InChI=1S/C14H24N4O2/c1-6-15-11-8-12(18-13(17-11)9(3)4)16-10(5)14(19)20-7-2/h8-10H,6-7H2,1-5H3,(H2,15,16,17,18). The van der Waals surface area contributed by atoms with Crippen molar-refractivity contribution in [3.05, 3.63) is 11.9 Å². The van der Waals surface area contributed by atoms with Crippen LogP contribution in [0.3, 0.4) is 0 Å². The topological polar surface area (TPSA) is 76.1 Å². The van der Waals surface area contributed by atoms with Crippen molar-refractivity contribution in [1.82, 2.24) is 9.97 Å². The van der Waals surface area contributed by atoms with Gasteiger partial charge in [-0.1, -0.05) is 13.8 Å². The first kappa shape index (κ1) is 16.2. The molecule has 0 aliphatic heterocycles. The van der Waals surface area contributed by atoms with Crippen molar-refractivity contribution in [2.24, 2.45) is 0 Å². The van der Waals surface area contributed by atoms with Gasteiger partial charge >= 0.3 is 5.97 Å². The molecular formula is C14H24N4O2. The van der Waals surface area contributed by atoms with E-state index in [0.717, 1.165) is 18.2 Å². The molecule has 0 radical (unpaired) electrons. The van der Waals surface area contributed by atoms with Crippen molar-refractivity contribution in [2.45, 2.75) is 46.6 Å². The first-order chi connectivity index (χ1) is 9.47. The zero-order chi connectivity index (χ0) is 15.1. The molecule has 1 aromatic heterocycles. The van der Waals surface area contributed by atoms with Crippen LogP contribution in [0.25, 0.3) is 0 Å². The molecule has 1 rings (SSSR count). The first-order valence-corrected chi connectivity index (χ1v) is 7.03. The minimum absolute atomic E-state index is 0.215. The number of aromatic nitrogens is 2. The molecule has 6 heteroatoms. The third-order valence-electron chi connectivity index (χ3n) is 2.62. The summed E-state index contributed by atoms with van der Waals surface area (Å²) < 4.78 is 4.97. The van der Waals surface area contributed by atoms with Gasteiger partial charge in [-0.15, -0.1) is 0 Å². The predicted octanol–water partition coefficient (Wildman–Crippen LogP) is 2.40. The molecule has 0 saturated heterocycles. The number of rotatable bonds is 7. The number of nitrogens with one attached hydrogen (secondary N) is 2. The van der Waals surface area contributed by atoms with Crippen molar-refractivity contribution in [2.75, 3.05) is 23.8 Å². The fourth-order valence-corrected chi connectivity index (χ4v) is 1.62. The number of esters is 1. The van der Waals surface area contributed by atoms with Gasteiger partial charge in [-0.3, -0.25) is 0 Å². The molecule has 0 fully saturated rings. The Morgan fingerprint density at radius 1 is 1.25 bits per heavy atom. The minimum atomic E-state index is -0.445. The van der Waals surface area contributed by atoms with Crippen molar-refractivity contribution in [3.63, 3.8) is 0 Å². The van der Waals surface area contributed by atoms with Crippen LogP contribution in [0.5, 0.6) is 0 Å². The third-order valence-corrected chi connectivity index (χ3v) is 2.62. The largest absolute Gasteiger partial charge is 0.464 e.